The van der Waals surface area contributed by atoms with Crippen molar-refractivity contribution in [3.8, 4) is 5.95 Å². The highest BCUT2D eigenvalue weighted by atomic mass is 16.1. The van der Waals surface area contributed by atoms with Gasteiger partial charge >= 0.3 is 0 Å². The molecule has 1 N–H and O–H groups in total. The lowest BCUT2D eigenvalue weighted by Crippen LogP contribution is -2.14. The number of amides is 1. The Labute approximate surface area is 114 Å². The van der Waals surface area contributed by atoms with Gasteiger partial charge in [0.1, 0.15) is 5.69 Å². The smallest absolute Gasteiger partial charge is 0.274 e. The number of anilines is 1. The van der Waals surface area contributed by atoms with Gasteiger partial charge < -0.3 is 5.32 Å². The maximum atomic E-state index is 11.9. The van der Waals surface area contributed by atoms with E-state index in [1.807, 2.05) is 0 Å². The number of rotatable bonds is 3. The zero-order valence-corrected chi connectivity index (χ0v) is 10.3. The third kappa shape index (κ3) is 2.51. The molecule has 0 aromatic carbocycles. The van der Waals surface area contributed by atoms with E-state index >= 15 is 0 Å². The summed E-state index contributed by atoms with van der Waals surface area (Å²) < 4.78 is 1.53. The van der Waals surface area contributed by atoms with Gasteiger partial charge in [0.25, 0.3) is 11.9 Å². The van der Waals surface area contributed by atoms with Crippen LogP contribution in [0.3, 0.4) is 0 Å². The summed E-state index contributed by atoms with van der Waals surface area (Å²) in [5.74, 6) is 0.131. The molecule has 0 aliphatic carbocycles. The molecule has 0 bridgehead atoms. The van der Waals surface area contributed by atoms with Crippen LogP contribution in [0.1, 0.15) is 10.5 Å². The van der Waals surface area contributed by atoms with Gasteiger partial charge in [-0.15, -0.1) is 0 Å². The van der Waals surface area contributed by atoms with Crippen LogP contribution in [0.2, 0.25) is 0 Å². The van der Waals surface area contributed by atoms with Gasteiger partial charge in [-0.3, -0.25) is 9.78 Å². The Morgan fingerprint density at radius 1 is 1.05 bits per heavy atom. The Hall–Kier alpha value is -3.09. The molecule has 0 fully saturated rings. The molecule has 3 aromatic rings. The van der Waals surface area contributed by atoms with E-state index in [1.54, 1.807) is 42.9 Å². The lowest BCUT2D eigenvalue weighted by atomic mass is 10.3. The second-order valence-corrected chi connectivity index (χ2v) is 3.89. The Balaban J connectivity index is 1.74. The van der Waals surface area contributed by atoms with Gasteiger partial charge in [0.15, 0.2) is 0 Å². The van der Waals surface area contributed by atoms with Gasteiger partial charge in [-0.05, 0) is 18.2 Å². The van der Waals surface area contributed by atoms with Crippen LogP contribution in [0.5, 0.6) is 0 Å². The third-order valence-corrected chi connectivity index (χ3v) is 2.50. The standard InChI is InChI=1S/C13H10N6O/c20-12(11-4-1-2-5-14-11)18-10-8-15-13(16-9-10)19-7-3-6-17-19/h1-9H,(H,18,20). The van der Waals surface area contributed by atoms with Crippen LogP contribution >= 0.6 is 0 Å². The van der Waals surface area contributed by atoms with Crippen molar-refractivity contribution in [2.75, 3.05) is 5.32 Å². The minimum absolute atomic E-state index is 0.305. The summed E-state index contributed by atoms with van der Waals surface area (Å²) in [5, 5.41) is 6.69. The molecule has 0 spiro atoms. The molecule has 0 saturated heterocycles. The first-order chi connectivity index (χ1) is 9.83. The average molecular weight is 266 g/mol. The Morgan fingerprint density at radius 2 is 1.90 bits per heavy atom. The van der Waals surface area contributed by atoms with Gasteiger partial charge in [-0.1, -0.05) is 6.07 Å². The van der Waals surface area contributed by atoms with Crippen LogP contribution in [-0.2, 0) is 0 Å². The Bertz CT molecular complexity index is 693. The van der Waals surface area contributed by atoms with Gasteiger partial charge in [0.05, 0.1) is 18.1 Å². The maximum Gasteiger partial charge on any atom is 0.274 e. The van der Waals surface area contributed by atoms with E-state index < -0.39 is 0 Å². The molecule has 0 unspecified atom stereocenters. The van der Waals surface area contributed by atoms with Gasteiger partial charge in [0, 0.05) is 18.6 Å². The highest BCUT2D eigenvalue weighted by Gasteiger charge is 2.07. The number of hydrogen-bond donors (Lipinski definition) is 1. The molecule has 7 heteroatoms. The van der Waals surface area contributed by atoms with Crippen LogP contribution in [0.25, 0.3) is 5.95 Å². The van der Waals surface area contributed by atoms with Gasteiger partial charge in [-0.2, -0.15) is 5.10 Å². The summed E-state index contributed by atoms with van der Waals surface area (Å²) >= 11 is 0. The molecule has 0 radical (unpaired) electrons. The lowest BCUT2D eigenvalue weighted by Gasteiger charge is -2.04. The zero-order valence-electron chi connectivity index (χ0n) is 10.3. The van der Waals surface area contributed by atoms with Crippen molar-refractivity contribution in [1.29, 1.82) is 0 Å². The first-order valence-corrected chi connectivity index (χ1v) is 5.87. The van der Waals surface area contributed by atoms with Crippen molar-refractivity contribution >= 4 is 11.6 Å². The highest BCUT2D eigenvalue weighted by Crippen LogP contribution is 2.07. The molecule has 1 amide bonds. The topological polar surface area (TPSA) is 85.6 Å². The molecule has 3 rings (SSSR count). The first kappa shape index (κ1) is 12.0. The summed E-state index contributed by atoms with van der Waals surface area (Å²) in [4.78, 5) is 24.1. The molecule has 0 aliphatic rings. The average Bonchev–Trinajstić information content (AvgIpc) is 3.03. The number of carbonyl (C=O) groups is 1. The summed E-state index contributed by atoms with van der Waals surface area (Å²) in [5.41, 5.74) is 0.834. The quantitative estimate of drug-likeness (QED) is 0.772. The van der Waals surface area contributed by atoms with E-state index in [4.69, 9.17) is 0 Å². The zero-order chi connectivity index (χ0) is 13.8. The SMILES string of the molecule is O=C(Nc1cnc(-n2cccn2)nc1)c1ccccn1. The maximum absolute atomic E-state index is 11.9. The van der Waals surface area contributed by atoms with E-state index in [2.05, 4.69) is 25.4 Å². The number of nitrogens with zero attached hydrogens (tertiary/aromatic N) is 5. The van der Waals surface area contributed by atoms with Crippen molar-refractivity contribution in [3.05, 3.63) is 60.9 Å². The van der Waals surface area contributed by atoms with E-state index in [-0.39, 0.29) is 5.91 Å². The van der Waals surface area contributed by atoms with Crippen LogP contribution in [0.4, 0.5) is 5.69 Å². The Morgan fingerprint density at radius 3 is 2.55 bits per heavy atom. The summed E-state index contributed by atoms with van der Waals surface area (Å²) in [7, 11) is 0. The van der Waals surface area contributed by atoms with E-state index in [0.29, 0.717) is 17.3 Å². The normalized spacial score (nSPS) is 10.2. The number of nitrogens with one attached hydrogen (secondary N) is 1. The molecular formula is C13H10N6O. The minimum atomic E-state index is -0.305. The monoisotopic (exact) mass is 266 g/mol. The predicted molar refractivity (Wildman–Crippen MR) is 71.3 cm³/mol. The molecule has 20 heavy (non-hydrogen) atoms. The fourth-order valence-corrected chi connectivity index (χ4v) is 1.58. The largest absolute Gasteiger partial charge is 0.318 e. The second-order valence-electron chi connectivity index (χ2n) is 3.89. The van der Waals surface area contributed by atoms with Gasteiger partial charge in [-0.25, -0.2) is 14.6 Å². The molecular weight excluding hydrogens is 256 g/mol. The fourth-order valence-electron chi connectivity index (χ4n) is 1.58. The molecule has 3 heterocycles. The summed E-state index contributed by atoms with van der Waals surface area (Å²) in [6.45, 7) is 0. The minimum Gasteiger partial charge on any atom is -0.318 e. The van der Waals surface area contributed by atoms with Crippen LogP contribution in [0, 0.1) is 0 Å². The number of carbonyl (C=O) groups excluding carboxylic acids is 1. The lowest BCUT2D eigenvalue weighted by molar-refractivity contribution is 0.102. The van der Waals surface area contributed by atoms with E-state index in [1.165, 1.54) is 17.1 Å². The predicted octanol–water partition coefficient (Wildman–Crippen LogP) is 1.31. The summed E-state index contributed by atoms with van der Waals surface area (Å²) in [6, 6.07) is 6.91. The van der Waals surface area contributed by atoms with Gasteiger partial charge in [0.2, 0.25) is 0 Å². The number of hydrogen-bond acceptors (Lipinski definition) is 5. The molecule has 3 aromatic heterocycles. The molecule has 0 atom stereocenters. The second kappa shape index (κ2) is 5.27. The highest BCUT2D eigenvalue weighted by molar-refractivity contribution is 6.02. The van der Waals surface area contributed by atoms with Crippen LogP contribution in [0.15, 0.2) is 55.2 Å². The van der Waals surface area contributed by atoms with E-state index in [0.717, 1.165) is 0 Å². The van der Waals surface area contributed by atoms with Crippen molar-refractivity contribution in [2.45, 2.75) is 0 Å². The van der Waals surface area contributed by atoms with Crippen molar-refractivity contribution in [2.24, 2.45) is 0 Å². The molecule has 0 saturated carbocycles. The van der Waals surface area contributed by atoms with Crippen molar-refractivity contribution < 1.29 is 4.79 Å². The third-order valence-electron chi connectivity index (χ3n) is 2.50. The van der Waals surface area contributed by atoms with Crippen molar-refractivity contribution in [3.63, 3.8) is 0 Å². The molecule has 98 valence electrons. The summed E-state index contributed by atoms with van der Waals surface area (Å²) in [6.07, 6.45) is 7.98. The Kier molecular flexibility index (Phi) is 3.15. The molecule has 7 nitrogen and oxygen atoms in total. The number of pyridine rings is 1. The molecule has 0 aliphatic heterocycles. The van der Waals surface area contributed by atoms with Crippen LogP contribution in [-0.4, -0.2) is 30.6 Å². The van der Waals surface area contributed by atoms with Crippen LogP contribution < -0.4 is 5.32 Å². The first-order valence-electron chi connectivity index (χ1n) is 5.87. The number of aromatic nitrogens is 5. The van der Waals surface area contributed by atoms with Crippen molar-refractivity contribution in [1.82, 2.24) is 24.7 Å². The van der Waals surface area contributed by atoms with E-state index in [9.17, 15) is 4.79 Å². The fraction of sp³-hybridized carbons (Fsp3) is 0.